The first-order valence-electron chi connectivity index (χ1n) is 8.61. The molecule has 0 bridgehead atoms. The Morgan fingerprint density at radius 3 is 2.96 bits per heavy atom. The highest BCUT2D eigenvalue weighted by Crippen LogP contribution is 2.39. The molecule has 7 heteroatoms. The zero-order valence-corrected chi connectivity index (χ0v) is 15.6. The molecule has 25 heavy (non-hydrogen) atoms. The smallest absolute Gasteiger partial charge is 0.286 e. The summed E-state index contributed by atoms with van der Waals surface area (Å²) in [6.45, 7) is 3.39. The molecular formula is C18H27NO5S. The van der Waals surface area contributed by atoms with E-state index in [0.717, 1.165) is 12.0 Å². The Hall–Kier alpha value is -1.41. The van der Waals surface area contributed by atoms with Crippen molar-refractivity contribution < 1.29 is 24.1 Å². The van der Waals surface area contributed by atoms with E-state index in [0.29, 0.717) is 26.2 Å². The number of carbonyl (C=O) groups is 1. The molecule has 0 spiro atoms. The number of hydrogen-bond donors (Lipinski definition) is 2. The summed E-state index contributed by atoms with van der Waals surface area (Å²) >= 11 is 1.62. The van der Waals surface area contributed by atoms with Crippen LogP contribution in [0.15, 0.2) is 28.7 Å². The largest absolute Gasteiger partial charge is 0.459 e. The first-order valence-corrected chi connectivity index (χ1v) is 9.55. The standard InChI is InChI=1S/C18H27NO5S/c1-3-23-18-14(5-4-8-20)15(13-6-10-25-12-13)11-16(24-18)17(21)19-7-9-22-2/h6,10-12,14-15,18,20H,3-5,7-9H2,1-2H3,(H,19,21). The lowest BCUT2D eigenvalue weighted by Gasteiger charge is -2.36. The highest BCUT2D eigenvalue weighted by molar-refractivity contribution is 7.08. The molecule has 0 saturated carbocycles. The molecular weight excluding hydrogens is 342 g/mol. The third-order valence-electron chi connectivity index (χ3n) is 4.16. The Balaban J connectivity index is 2.23. The number of methoxy groups -OCH3 is 1. The summed E-state index contributed by atoms with van der Waals surface area (Å²) in [5.74, 6) is 0.0945. The van der Waals surface area contributed by atoms with Crippen LogP contribution >= 0.6 is 11.3 Å². The van der Waals surface area contributed by atoms with Crippen LogP contribution in [0.25, 0.3) is 0 Å². The van der Waals surface area contributed by atoms with Crippen molar-refractivity contribution in [3.05, 3.63) is 34.2 Å². The molecule has 1 aliphatic heterocycles. The Morgan fingerprint density at radius 1 is 1.48 bits per heavy atom. The lowest BCUT2D eigenvalue weighted by atomic mass is 9.81. The van der Waals surface area contributed by atoms with E-state index in [1.165, 1.54) is 0 Å². The second-order valence-electron chi connectivity index (χ2n) is 5.83. The maximum absolute atomic E-state index is 12.4. The van der Waals surface area contributed by atoms with Crippen LogP contribution < -0.4 is 5.32 Å². The molecule has 2 N–H and O–H groups in total. The number of allylic oxidation sites excluding steroid dienone is 1. The number of thiophene rings is 1. The lowest BCUT2D eigenvalue weighted by molar-refractivity contribution is -0.166. The lowest BCUT2D eigenvalue weighted by Crippen LogP contribution is -2.39. The predicted octanol–water partition coefficient (Wildman–Crippen LogP) is 2.26. The maximum Gasteiger partial charge on any atom is 0.286 e. The van der Waals surface area contributed by atoms with Crippen molar-refractivity contribution in [1.82, 2.24) is 5.32 Å². The van der Waals surface area contributed by atoms with Gasteiger partial charge < -0.3 is 24.6 Å². The van der Waals surface area contributed by atoms with Crippen molar-refractivity contribution in [3.63, 3.8) is 0 Å². The molecule has 1 amide bonds. The average Bonchev–Trinajstić information content (AvgIpc) is 3.15. The maximum atomic E-state index is 12.4. The van der Waals surface area contributed by atoms with Crippen molar-refractivity contribution >= 4 is 17.2 Å². The zero-order chi connectivity index (χ0) is 18.1. The molecule has 1 aromatic heterocycles. The van der Waals surface area contributed by atoms with E-state index < -0.39 is 6.29 Å². The van der Waals surface area contributed by atoms with Gasteiger partial charge in [-0.05, 0) is 48.2 Å². The Morgan fingerprint density at radius 2 is 2.32 bits per heavy atom. The number of amides is 1. The number of nitrogens with one attached hydrogen (secondary N) is 1. The molecule has 1 aliphatic rings. The van der Waals surface area contributed by atoms with Gasteiger partial charge in [0.15, 0.2) is 5.76 Å². The van der Waals surface area contributed by atoms with Gasteiger partial charge in [0, 0.05) is 38.7 Å². The van der Waals surface area contributed by atoms with Gasteiger partial charge in [0.05, 0.1) is 6.61 Å². The fraction of sp³-hybridized carbons (Fsp3) is 0.611. The summed E-state index contributed by atoms with van der Waals surface area (Å²) in [7, 11) is 1.59. The van der Waals surface area contributed by atoms with Gasteiger partial charge in [-0.1, -0.05) is 0 Å². The number of carbonyl (C=O) groups excluding carboxylic acids is 1. The summed E-state index contributed by atoms with van der Waals surface area (Å²) in [6.07, 6.45) is 2.80. The number of rotatable bonds is 10. The summed E-state index contributed by atoms with van der Waals surface area (Å²) in [4.78, 5) is 12.4. The van der Waals surface area contributed by atoms with Crippen molar-refractivity contribution in [2.75, 3.05) is 33.5 Å². The van der Waals surface area contributed by atoms with Crippen molar-refractivity contribution in [3.8, 4) is 0 Å². The number of aliphatic hydroxyl groups is 1. The topological polar surface area (TPSA) is 77.0 Å². The Labute approximate surface area is 152 Å². The minimum absolute atomic E-state index is 0.0197. The second kappa shape index (κ2) is 10.6. The quantitative estimate of drug-likeness (QED) is 0.619. The van der Waals surface area contributed by atoms with Crippen LogP contribution in [-0.2, 0) is 19.0 Å². The van der Waals surface area contributed by atoms with Gasteiger partial charge in [-0.3, -0.25) is 4.79 Å². The van der Waals surface area contributed by atoms with Gasteiger partial charge in [-0.25, -0.2) is 0 Å². The molecule has 2 rings (SSSR count). The van der Waals surface area contributed by atoms with Gasteiger partial charge in [0.1, 0.15) is 0 Å². The number of aliphatic hydroxyl groups excluding tert-OH is 1. The van der Waals surface area contributed by atoms with E-state index in [-0.39, 0.29) is 30.1 Å². The third kappa shape index (κ3) is 5.54. The normalized spacial score (nSPS) is 23.0. The van der Waals surface area contributed by atoms with E-state index in [2.05, 4.69) is 16.8 Å². The molecule has 6 nitrogen and oxygen atoms in total. The highest BCUT2D eigenvalue weighted by atomic mass is 32.1. The summed E-state index contributed by atoms with van der Waals surface area (Å²) in [5, 5.41) is 16.1. The molecule has 2 heterocycles. The third-order valence-corrected chi connectivity index (χ3v) is 4.86. The molecule has 3 atom stereocenters. The second-order valence-corrected chi connectivity index (χ2v) is 6.61. The molecule has 0 radical (unpaired) electrons. The fourth-order valence-corrected chi connectivity index (χ4v) is 3.67. The molecule has 140 valence electrons. The van der Waals surface area contributed by atoms with Gasteiger partial charge in [-0.15, -0.1) is 0 Å². The SMILES string of the molecule is CCOC1OC(C(=O)NCCOC)=CC(c2ccsc2)C1CCCO. The minimum atomic E-state index is -0.505. The summed E-state index contributed by atoms with van der Waals surface area (Å²) < 4.78 is 16.6. The van der Waals surface area contributed by atoms with Crippen molar-refractivity contribution in [1.29, 1.82) is 0 Å². The van der Waals surface area contributed by atoms with Crippen molar-refractivity contribution in [2.45, 2.75) is 32.0 Å². The molecule has 0 saturated heterocycles. The Bertz CT molecular complexity index is 546. The van der Waals surface area contributed by atoms with Crippen LogP contribution in [0.5, 0.6) is 0 Å². The van der Waals surface area contributed by atoms with Gasteiger partial charge in [-0.2, -0.15) is 11.3 Å². The van der Waals surface area contributed by atoms with E-state index in [1.54, 1.807) is 18.4 Å². The minimum Gasteiger partial charge on any atom is -0.459 e. The highest BCUT2D eigenvalue weighted by Gasteiger charge is 2.37. The zero-order valence-electron chi connectivity index (χ0n) is 14.8. The van der Waals surface area contributed by atoms with Gasteiger partial charge in [0.2, 0.25) is 6.29 Å². The predicted molar refractivity (Wildman–Crippen MR) is 96.3 cm³/mol. The summed E-state index contributed by atoms with van der Waals surface area (Å²) in [5.41, 5.74) is 1.14. The van der Waals surface area contributed by atoms with Crippen LogP contribution in [0, 0.1) is 5.92 Å². The van der Waals surface area contributed by atoms with Gasteiger partial charge >= 0.3 is 0 Å². The fourth-order valence-electron chi connectivity index (χ4n) is 2.96. The molecule has 0 fully saturated rings. The van der Waals surface area contributed by atoms with E-state index in [4.69, 9.17) is 14.2 Å². The first kappa shape index (κ1) is 19.9. The summed E-state index contributed by atoms with van der Waals surface area (Å²) in [6, 6.07) is 2.06. The van der Waals surface area contributed by atoms with E-state index >= 15 is 0 Å². The van der Waals surface area contributed by atoms with Gasteiger partial charge in [0.25, 0.3) is 5.91 Å². The number of ether oxygens (including phenoxy) is 3. The number of hydrogen-bond acceptors (Lipinski definition) is 6. The molecule has 0 aliphatic carbocycles. The van der Waals surface area contributed by atoms with Crippen LogP contribution in [0.1, 0.15) is 31.2 Å². The van der Waals surface area contributed by atoms with Crippen LogP contribution in [0.2, 0.25) is 0 Å². The van der Waals surface area contributed by atoms with Crippen molar-refractivity contribution in [2.24, 2.45) is 5.92 Å². The van der Waals surface area contributed by atoms with Crippen LogP contribution in [0.4, 0.5) is 0 Å². The van der Waals surface area contributed by atoms with Crippen LogP contribution in [0.3, 0.4) is 0 Å². The first-order chi connectivity index (χ1) is 12.2. The van der Waals surface area contributed by atoms with E-state index in [1.807, 2.05) is 18.4 Å². The molecule has 0 aromatic carbocycles. The molecule has 1 aromatic rings. The van der Waals surface area contributed by atoms with E-state index in [9.17, 15) is 9.90 Å². The monoisotopic (exact) mass is 369 g/mol. The average molecular weight is 369 g/mol. The Kier molecular flexibility index (Phi) is 8.40. The molecule has 3 unspecified atom stereocenters. The van der Waals surface area contributed by atoms with Crippen LogP contribution in [-0.4, -0.2) is 50.8 Å².